The first-order valence-electron chi connectivity index (χ1n) is 5.28. The summed E-state index contributed by atoms with van der Waals surface area (Å²) < 4.78 is 4.97. The van der Waals surface area contributed by atoms with Gasteiger partial charge in [0, 0.05) is 18.8 Å². The van der Waals surface area contributed by atoms with Gasteiger partial charge in [0.25, 0.3) is 0 Å². The Hall–Kier alpha value is -2.68. The van der Waals surface area contributed by atoms with E-state index in [0.29, 0.717) is 23.9 Å². The molecular formula is C12H11N5O. The molecule has 0 aliphatic heterocycles. The Morgan fingerprint density at radius 3 is 2.72 bits per heavy atom. The van der Waals surface area contributed by atoms with Crippen LogP contribution in [0.5, 0.6) is 5.88 Å². The van der Waals surface area contributed by atoms with Gasteiger partial charge in [0.05, 0.1) is 7.11 Å². The third-order valence-corrected chi connectivity index (χ3v) is 2.26. The van der Waals surface area contributed by atoms with Crippen molar-refractivity contribution in [2.24, 2.45) is 0 Å². The van der Waals surface area contributed by atoms with Crippen LogP contribution in [-0.2, 0) is 6.54 Å². The Morgan fingerprint density at radius 1 is 1.28 bits per heavy atom. The van der Waals surface area contributed by atoms with E-state index < -0.39 is 0 Å². The smallest absolute Gasteiger partial charge is 0.212 e. The summed E-state index contributed by atoms with van der Waals surface area (Å²) in [5, 5.41) is 19.3. The molecule has 0 fully saturated rings. The van der Waals surface area contributed by atoms with Crippen molar-refractivity contribution in [3.63, 3.8) is 0 Å². The molecule has 2 aromatic rings. The van der Waals surface area contributed by atoms with Gasteiger partial charge in [0.2, 0.25) is 5.88 Å². The maximum absolute atomic E-state index is 8.59. The predicted octanol–water partition coefficient (Wildman–Crippen LogP) is 1.36. The predicted molar refractivity (Wildman–Crippen MR) is 64.9 cm³/mol. The van der Waals surface area contributed by atoms with Gasteiger partial charge < -0.3 is 10.1 Å². The molecular weight excluding hydrogens is 230 g/mol. The highest BCUT2D eigenvalue weighted by Crippen LogP contribution is 2.08. The zero-order valence-electron chi connectivity index (χ0n) is 9.79. The average molecular weight is 241 g/mol. The SMILES string of the molecule is COc1ccc(CNc2ccc(C#N)nn2)cn1. The lowest BCUT2D eigenvalue weighted by Gasteiger charge is -2.05. The summed E-state index contributed by atoms with van der Waals surface area (Å²) in [7, 11) is 1.58. The van der Waals surface area contributed by atoms with E-state index in [1.807, 2.05) is 12.1 Å². The molecule has 6 nitrogen and oxygen atoms in total. The van der Waals surface area contributed by atoms with E-state index in [4.69, 9.17) is 10.00 Å². The molecule has 0 atom stereocenters. The summed E-state index contributed by atoms with van der Waals surface area (Å²) in [6, 6.07) is 8.94. The van der Waals surface area contributed by atoms with Crippen LogP contribution in [0.2, 0.25) is 0 Å². The minimum absolute atomic E-state index is 0.298. The molecule has 2 aromatic heterocycles. The van der Waals surface area contributed by atoms with Gasteiger partial charge in [-0.3, -0.25) is 0 Å². The fourth-order valence-electron chi connectivity index (χ4n) is 1.32. The molecule has 0 amide bonds. The van der Waals surface area contributed by atoms with E-state index in [2.05, 4.69) is 20.5 Å². The Balaban J connectivity index is 1.95. The molecule has 0 aliphatic carbocycles. The van der Waals surface area contributed by atoms with Crippen LogP contribution in [0.25, 0.3) is 0 Å². The first kappa shape index (κ1) is 11.8. The molecule has 0 aromatic carbocycles. The van der Waals surface area contributed by atoms with Crippen LogP contribution in [0.15, 0.2) is 30.5 Å². The van der Waals surface area contributed by atoms with Gasteiger partial charge in [0.1, 0.15) is 11.9 Å². The Labute approximate surface area is 104 Å². The summed E-state index contributed by atoms with van der Waals surface area (Å²) in [6.45, 7) is 0.581. The number of ether oxygens (including phenoxy) is 1. The van der Waals surface area contributed by atoms with E-state index >= 15 is 0 Å². The van der Waals surface area contributed by atoms with Crippen molar-refractivity contribution in [1.82, 2.24) is 15.2 Å². The fraction of sp³-hybridized carbons (Fsp3) is 0.167. The summed E-state index contributed by atoms with van der Waals surface area (Å²) in [5.74, 6) is 1.20. The lowest BCUT2D eigenvalue weighted by Crippen LogP contribution is -2.03. The zero-order valence-corrected chi connectivity index (χ0v) is 9.79. The number of pyridine rings is 1. The van der Waals surface area contributed by atoms with Crippen LogP contribution >= 0.6 is 0 Å². The zero-order chi connectivity index (χ0) is 12.8. The van der Waals surface area contributed by atoms with Gasteiger partial charge >= 0.3 is 0 Å². The van der Waals surface area contributed by atoms with Crippen LogP contribution in [-0.4, -0.2) is 22.3 Å². The van der Waals surface area contributed by atoms with Gasteiger partial charge in [0.15, 0.2) is 5.69 Å². The second-order valence-electron chi connectivity index (χ2n) is 3.48. The molecule has 2 rings (SSSR count). The second kappa shape index (κ2) is 5.59. The van der Waals surface area contributed by atoms with Crippen LogP contribution in [0, 0.1) is 11.3 Å². The van der Waals surface area contributed by atoms with Crippen LogP contribution < -0.4 is 10.1 Å². The molecule has 0 aliphatic rings. The van der Waals surface area contributed by atoms with Gasteiger partial charge in [-0.1, -0.05) is 6.07 Å². The van der Waals surface area contributed by atoms with Crippen molar-refractivity contribution in [2.75, 3.05) is 12.4 Å². The number of hydrogen-bond donors (Lipinski definition) is 1. The number of nitrogens with zero attached hydrogens (tertiary/aromatic N) is 4. The molecule has 0 spiro atoms. The van der Waals surface area contributed by atoms with E-state index in [1.54, 1.807) is 31.5 Å². The average Bonchev–Trinajstić information content (AvgIpc) is 2.46. The van der Waals surface area contributed by atoms with Crippen molar-refractivity contribution < 1.29 is 4.74 Å². The number of nitrogens with one attached hydrogen (secondary N) is 1. The summed E-state index contributed by atoms with van der Waals surface area (Å²) in [6.07, 6.45) is 1.73. The number of rotatable bonds is 4. The number of hydrogen-bond acceptors (Lipinski definition) is 6. The lowest BCUT2D eigenvalue weighted by atomic mass is 10.3. The number of anilines is 1. The molecule has 0 saturated carbocycles. The van der Waals surface area contributed by atoms with E-state index in [1.165, 1.54) is 0 Å². The fourth-order valence-corrected chi connectivity index (χ4v) is 1.32. The van der Waals surface area contributed by atoms with Gasteiger partial charge in [-0.2, -0.15) is 5.26 Å². The highest BCUT2D eigenvalue weighted by atomic mass is 16.5. The molecule has 2 heterocycles. The van der Waals surface area contributed by atoms with Crippen LogP contribution in [0.1, 0.15) is 11.3 Å². The van der Waals surface area contributed by atoms with Crippen LogP contribution in [0.3, 0.4) is 0 Å². The number of aromatic nitrogens is 3. The third kappa shape index (κ3) is 2.92. The quantitative estimate of drug-likeness (QED) is 0.870. The number of nitriles is 1. The third-order valence-electron chi connectivity index (χ3n) is 2.26. The maximum atomic E-state index is 8.59. The highest BCUT2D eigenvalue weighted by molar-refractivity contribution is 5.36. The molecule has 18 heavy (non-hydrogen) atoms. The van der Waals surface area contributed by atoms with E-state index in [-0.39, 0.29) is 0 Å². The standard InChI is InChI=1S/C12H11N5O/c1-18-12-5-2-9(8-15-12)7-14-11-4-3-10(6-13)16-17-11/h2-5,8H,7H2,1H3,(H,14,17). The Kier molecular flexibility index (Phi) is 3.66. The largest absolute Gasteiger partial charge is 0.481 e. The summed E-state index contributed by atoms with van der Waals surface area (Å²) in [4.78, 5) is 4.10. The molecule has 0 saturated heterocycles. The summed E-state index contributed by atoms with van der Waals surface area (Å²) >= 11 is 0. The van der Waals surface area contributed by atoms with Crippen molar-refractivity contribution >= 4 is 5.82 Å². The normalized spacial score (nSPS) is 9.56. The first-order chi connectivity index (χ1) is 8.81. The van der Waals surface area contributed by atoms with E-state index in [0.717, 1.165) is 5.56 Å². The monoisotopic (exact) mass is 241 g/mol. The number of methoxy groups -OCH3 is 1. The van der Waals surface area contributed by atoms with Gasteiger partial charge in [-0.25, -0.2) is 4.98 Å². The minimum atomic E-state index is 0.298. The topological polar surface area (TPSA) is 83.7 Å². The van der Waals surface area contributed by atoms with Crippen molar-refractivity contribution in [3.8, 4) is 11.9 Å². The van der Waals surface area contributed by atoms with Crippen LogP contribution in [0.4, 0.5) is 5.82 Å². The molecule has 90 valence electrons. The van der Waals surface area contributed by atoms with Crippen molar-refractivity contribution in [1.29, 1.82) is 5.26 Å². The van der Waals surface area contributed by atoms with Crippen molar-refractivity contribution in [3.05, 3.63) is 41.7 Å². The van der Waals surface area contributed by atoms with Gasteiger partial charge in [-0.05, 0) is 17.7 Å². The molecule has 0 bridgehead atoms. The van der Waals surface area contributed by atoms with E-state index in [9.17, 15) is 0 Å². The second-order valence-corrected chi connectivity index (χ2v) is 3.48. The first-order valence-corrected chi connectivity index (χ1v) is 5.28. The Morgan fingerprint density at radius 2 is 2.17 bits per heavy atom. The minimum Gasteiger partial charge on any atom is -0.481 e. The maximum Gasteiger partial charge on any atom is 0.212 e. The molecule has 0 unspecified atom stereocenters. The van der Waals surface area contributed by atoms with Crippen molar-refractivity contribution in [2.45, 2.75) is 6.54 Å². The highest BCUT2D eigenvalue weighted by Gasteiger charge is 1.98. The molecule has 6 heteroatoms. The molecule has 0 radical (unpaired) electrons. The van der Waals surface area contributed by atoms with Gasteiger partial charge in [-0.15, -0.1) is 10.2 Å². The lowest BCUT2D eigenvalue weighted by molar-refractivity contribution is 0.397. The summed E-state index contributed by atoms with van der Waals surface area (Å²) in [5.41, 5.74) is 1.30. The Bertz CT molecular complexity index is 544. The molecule has 1 N–H and O–H groups in total.